The summed E-state index contributed by atoms with van der Waals surface area (Å²) in [5.41, 5.74) is 0. The lowest BCUT2D eigenvalue weighted by molar-refractivity contribution is 0.154. The van der Waals surface area contributed by atoms with Crippen LogP contribution < -0.4 is 4.74 Å². The van der Waals surface area contributed by atoms with Crippen LogP contribution in [0.3, 0.4) is 0 Å². The quantitative estimate of drug-likeness (QED) is 0.780. The fourth-order valence-corrected chi connectivity index (χ4v) is 2.42. The van der Waals surface area contributed by atoms with Gasteiger partial charge >= 0.3 is 0 Å². The number of halogens is 2. The Morgan fingerprint density at radius 1 is 1.13 bits per heavy atom. The first-order valence-corrected chi connectivity index (χ1v) is 6.16. The van der Waals surface area contributed by atoms with Crippen molar-refractivity contribution in [1.82, 2.24) is 0 Å². The average molecular weight is 273 g/mol. The topological polar surface area (TPSA) is 9.23 Å². The minimum atomic E-state index is -0.254. The zero-order chi connectivity index (χ0) is 10.7. The molecule has 1 aromatic carbocycles. The monoisotopic (exact) mass is 272 g/mol. The lowest BCUT2D eigenvalue weighted by Crippen LogP contribution is -2.19. The molecule has 0 aliphatic heterocycles. The van der Waals surface area contributed by atoms with Crippen molar-refractivity contribution in [3.63, 3.8) is 0 Å². The van der Waals surface area contributed by atoms with Crippen molar-refractivity contribution in [3.05, 3.63) is 28.5 Å². The van der Waals surface area contributed by atoms with Crippen molar-refractivity contribution in [2.75, 3.05) is 0 Å². The van der Waals surface area contributed by atoms with E-state index in [1.807, 2.05) is 6.07 Å². The van der Waals surface area contributed by atoms with Gasteiger partial charge in [0.2, 0.25) is 0 Å². The molecule has 0 bridgehead atoms. The third-order valence-electron chi connectivity index (χ3n) is 2.69. The molecule has 1 aliphatic rings. The molecule has 0 spiro atoms. The third-order valence-corrected chi connectivity index (χ3v) is 3.15. The molecule has 0 N–H and O–H groups in total. The first-order chi connectivity index (χ1) is 7.24. The predicted molar refractivity (Wildman–Crippen MR) is 61.6 cm³/mol. The number of hydrogen-bond donors (Lipinski definition) is 0. The summed E-state index contributed by atoms with van der Waals surface area (Å²) < 4.78 is 19.5. The van der Waals surface area contributed by atoms with Crippen LogP contribution in [0, 0.1) is 5.82 Å². The molecule has 0 radical (unpaired) electrons. The maximum absolute atomic E-state index is 13.1. The fourth-order valence-electron chi connectivity index (χ4n) is 1.97. The highest BCUT2D eigenvalue weighted by molar-refractivity contribution is 9.10. The molecule has 0 unspecified atom stereocenters. The normalized spacial score (nSPS) is 17.7. The first kappa shape index (κ1) is 10.9. The molecule has 3 heteroatoms. The summed E-state index contributed by atoms with van der Waals surface area (Å²) >= 11 is 3.26. The van der Waals surface area contributed by atoms with Gasteiger partial charge in [0.05, 0.1) is 6.10 Å². The Hall–Kier alpha value is -0.570. The van der Waals surface area contributed by atoms with Crippen molar-refractivity contribution in [3.8, 4) is 5.75 Å². The number of ether oxygens (including phenoxy) is 1. The van der Waals surface area contributed by atoms with Crippen molar-refractivity contribution in [1.29, 1.82) is 0 Å². The van der Waals surface area contributed by atoms with Gasteiger partial charge in [0.25, 0.3) is 0 Å². The van der Waals surface area contributed by atoms with E-state index in [1.54, 1.807) is 0 Å². The molecule has 0 atom stereocenters. The summed E-state index contributed by atoms with van der Waals surface area (Å²) in [7, 11) is 0. The first-order valence-electron chi connectivity index (χ1n) is 5.37. The summed E-state index contributed by atoms with van der Waals surface area (Å²) in [4.78, 5) is 0. The van der Waals surface area contributed by atoms with Gasteiger partial charge in [0.1, 0.15) is 11.6 Å². The minimum absolute atomic E-state index is 0.254. The summed E-state index contributed by atoms with van der Waals surface area (Å²) in [5, 5.41) is 0. The van der Waals surface area contributed by atoms with Crippen LogP contribution in [0.4, 0.5) is 4.39 Å². The summed E-state index contributed by atoms with van der Waals surface area (Å²) in [5.74, 6) is 0.379. The standard InChI is InChI=1S/C12H14BrFO/c13-9-6-10(14)8-12(7-9)15-11-4-2-1-3-5-11/h6-8,11H,1-5H2. The van der Waals surface area contributed by atoms with Gasteiger partial charge in [0.15, 0.2) is 0 Å². The van der Waals surface area contributed by atoms with Crippen molar-refractivity contribution < 1.29 is 9.13 Å². The zero-order valence-electron chi connectivity index (χ0n) is 8.51. The van der Waals surface area contributed by atoms with Gasteiger partial charge in [-0.2, -0.15) is 0 Å². The van der Waals surface area contributed by atoms with E-state index < -0.39 is 0 Å². The molecule has 0 amide bonds. The number of benzene rings is 1. The van der Waals surface area contributed by atoms with Gasteiger partial charge in [-0.1, -0.05) is 22.4 Å². The molecule has 82 valence electrons. The van der Waals surface area contributed by atoms with Crippen LogP contribution >= 0.6 is 15.9 Å². The largest absolute Gasteiger partial charge is 0.490 e. The molecule has 0 aromatic heterocycles. The molecule has 1 aliphatic carbocycles. The van der Waals surface area contributed by atoms with E-state index in [1.165, 1.54) is 31.4 Å². The van der Waals surface area contributed by atoms with Gasteiger partial charge in [-0.05, 0) is 37.8 Å². The summed E-state index contributed by atoms with van der Waals surface area (Å²) in [6, 6.07) is 4.70. The van der Waals surface area contributed by atoms with Gasteiger partial charge < -0.3 is 4.74 Å². The van der Waals surface area contributed by atoms with E-state index in [-0.39, 0.29) is 11.9 Å². The van der Waals surface area contributed by atoms with E-state index in [9.17, 15) is 4.39 Å². The molecule has 0 heterocycles. The van der Waals surface area contributed by atoms with Crippen LogP contribution in [-0.2, 0) is 0 Å². The maximum Gasteiger partial charge on any atom is 0.128 e. The zero-order valence-corrected chi connectivity index (χ0v) is 10.1. The van der Waals surface area contributed by atoms with Gasteiger partial charge in [-0.25, -0.2) is 4.39 Å². The molecular weight excluding hydrogens is 259 g/mol. The second-order valence-corrected chi connectivity index (χ2v) is 4.90. The Balaban J connectivity index is 2.02. The Morgan fingerprint density at radius 2 is 1.87 bits per heavy atom. The van der Waals surface area contributed by atoms with Crippen molar-refractivity contribution in [2.45, 2.75) is 38.2 Å². The van der Waals surface area contributed by atoms with Crippen LogP contribution in [0.1, 0.15) is 32.1 Å². The van der Waals surface area contributed by atoms with E-state index >= 15 is 0 Å². The van der Waals surface area contributed by atoms with Crippen LogP contribution in [0.25, 0.3) is 0 Å². The second kappa shape index (κ2) is 4.97. The summed E-state index contributed by atoms with van der Waals surface area (Å²) in [6.07, 6.45) is 6.20. The fraction of sp³-hybridized carbons (Fsp3) is 0.500. The smallest absolute Gasteiger partial charge is 0.128 e. The molecule has 1 nitrogen and oxygen atoms in total. The van der Waals surface area contributed by atoms with Crippen LogP contribution in [0.5, 0.6) is 5.75 Å². The minimum Gasteiger partial charge on any atom is -0.490 e. The molecule has 1 fully saturated rings. The predicted octanol–water partition coefficient (Wildman–Crippen LogP) is 4.30. The van der Waals surface area contributed by atoms with Crippen LogP contribution in [0.2, 0.25) is 0 Å². The molecule has 2 rings (SSSR count). The summed E-state index contributed by atoms with van der Waals surface area (Å²) in [6.45, 7) is 0. The molecular formula is C12H14BrFO. The van der Waals surface area contributed by atoms with Crippen LogP contribution in [-0.4, -0.2) is 6.10 Å². The number of hydrogen-bond acceptors (Lipinski definition) is 1. The van der Waals surface area contributed by atoms with Crippen molar-refractivity contribution >= 4 is 15.9 Å². The third kappa shape index (κ3) is 3.20. The molecule has 0 saturated heterocycles. The average Bonchev–Trinajstić information content (AvgIpc) is 2.17. The van der Waals surface area contributed by atoms with E-state index in [0.717, 1.165) is 17.3 Å². The highest BCUT2D eigenvalue weighted by atomic mass is 79.9. The van der Waals surface area contributed by atoms with Gasteiger partial charge in [-0.15, -0.1) is 0 Å². The Bertz CT molecular complexity index is 314. The highest BCUT2D eigenvalue weighted by Crippen LogP contribution is 2.26. The second-order valence-electron chi connectivity index (χ2n) is 3.98. The Kier molecular flexibility index (Phi) is 3.62. The number of rotatable bonds is 2. The lowest BCUT2D eigenvalue weighted by Gasteiger charge is -2.23. The van der Waals surface area contributed by atoms with E-state index in [2.05, 4.69) is 15.9 Å². The van der Waals surface area contributed by atoms with E-state index in [0.29, 0.717) is 5.75 Å². The Morgan fingerprint density at radius 3 is 2.53 bits per heavy atom. The lowest BCUT2D eigenvalue weighted by atomic mass is 9.98. The highest BCUT2D eigenvalue weighted by Gasteiger charge is 2.15. The van der Waals surface area contributed by atoms with Crippen LogP contribution in [0.15, 0.2) is 22.7 Å². The van der Waals surface area contributed by atoms with Gasteiger partial charge in [-0.3, -0.25) is 0 Å². The maximum atomic E-state index is 13.1. The SMILES string of the molecule is Fc1cc(Br)cc(OC2CCCCC2)c1. The van der Waals surface area contributed by atoms with E-state index in [4.69, 9.17) is 4.74 Å². The van der Waals surface area contributed by atoms with Gasteiger partial charge in [0, 0.05) is 10.5 Å². The molecule has 15 heavy (non-hydrogen) atoms. The molecule has 1 aromatic rings. The van der Waals surface area contributed by atoms with Crippen molar-refractivity contribution in [2.24, 2.45) is 0 Å². The molecule has 1 saturated carbocycles. The Labute approximate surface area is 97.8 Å².